The van der Waals surface area contributed by atoms with E-state index in [9.17, 15) is 4.79 Å². The predicted octanol–water partition coefficient (Wildman–Crippen LogP) is 2.69. The lowest BCUT2D eigenvalue weighted by Gasteiger charge is -2.07. The van der Waals surface area contributed by atoms with Crippen LogP contribution in [0.15, 0.2) is 47.3 Å². The summed E-state index contributed by atoms with van der Waals surface area (Å²) in [5.41, 5.74) is 2.68. The molecule has 0 bridgehead atoms. The summed E-state index contributed by atoms with van der Waals surface area (Å²) in [7, 11) is 3.17. The van der Waals surface area contributed by atoms with Crippen molar-refractivity contribution in [3.8, 4) is 22.9 Å². The van der Waals surface area contributed by atoms with Gasteiger partial charge in [0, 0.05) is 5.56 Å². The Morgan fingerprint density at radius 1 is 1.07 bits per heavy atom. The molecule has 0 spiro atoms. The molecule has 27 heavy (non-hydrogen) atoms. The lowest BCUT2D eigenvalue weighted by atomic mass is 10.1. The number of aromatic nitrogens is 3. The van der Waals surface area contributed by atoms with E-state index >= 15 is 0 Å². The topological polar surface area (TPSA) is 65.7 Å². The molecule has 136 valence electrons. The summed E-state index contributed by atoms with van der Waals surface area (Å²) in [4.78, 5) is 17.8. The zero-order chi connectivity index (χ0) is 19.0. The molecule has 2 heterocycles. The van der Waals surface area contributed by atoms with Crippen molar-refractivity contribution < 1.29 is 9.47 Å². The first-order chi connectivity index (χ1) is 13.1. The maximum atomic E-state index is 12.7. The standard InChI is InChI=1S/C20H17N3O3S/c1-12-5-4-6-14(9-12)18-21-20-23(22-18)19(24)17(27-20)11-13-7-8-15(25-2)16(10-13)26-3/h4-11H,1-3H3/b17-11+. The van der Waals surface area contributed by atoms with Crippen molar-refractivity contribution in [1.29, 1.82) is 0 Å². The summed E-state index contributed by atoms with van der Waals surface area (Å²) in [6.45, 7) is 2.01. The van der Waals surface area contributed by atoms with Crippen molar-refractivity contribution in [2.24, 2.45) is 0 Å². The van der Waals surface area contributed by atoms with Gasteiger partial charge in [0.1, 0.15) is 0 Å². The minimum Gasteiger partial charge on any atom is -0.493 e. The van der Waals surface area contributed by atoms with Crippen LogP contribution in [0.2, 0.25) is 0 Å². The van der Waals surface area contributed by atoms with Gasteiger partial charge in [0.2, 0.25) is 4.96 Å². The van der Waals surface area contributed by atoms with Gasteiger partial charge in [-0.25, -0.2) is 0 Å². The molecule has 0 aliphatic heterocycles. The Morgan fingerprint density at radius 2 is 1.89 bits per heavy atom. The molecule has 0 unspecified atom stereocenters. The highest BCUT2D eigenvalue weighted by Crippen LogP contribution is 2.27. The van der Waals surface area contributed by atoms with Crippen LogP contribution < -0.4 is 19.6 Å². The summed E-state index contributed by atoms with van der Waals surface area (Å²) in [6.07, 6.45) is 1.80. The summed E-state index contributed by atoms with van der Waals surface area (Å²) < 4.78 is 12.5. The van der Waals surface area contributed by atoms with Crippen molar-refractivity contribution in [2.45, 2.75) is 6.92 Å². The molecule has 2 aromatic heterocycles. The van der Waals surface area contributed by atoms with Gasteiger partial charge in [-0.15, -0.1) is 5.10 Å². The SMILES string of the molecule is COc1ccc(/C=c2/sc3nc(-c4cccc(C)c4)nn3c2=O)cc1OC. The quantitative estimate of drug-likeness (QED) is 0.545. The fraction of sp³-hybridized carbons (Fsp3) is 0.150. The van der Waals surface area contributed by atoms with Crippen molar-refractivity contribution in [3.63, 3.8) is 0 Å². The first kappa shape index (κ1) is 17.2. The molecule has 4 rings (SSSR count). The van der Waals surface area contributed by atoms with Crippen LogP contribution in [-0.4, -0.2) is 28.8 Å². The molecule has 0 radical (unpaired) electrons. The van der Waals surface area contributed by atoms with Gasteiger partial charge in [0.25, 0.3) is 5.56 Å². The molecule has 0 fully saturated rings. The predicted molar refractivity (Wildman–Crippen MR) is 106 cm³/mol. The summed E-state index contributed by atoms with van der Waals surface area (Å²) in [5.74, 6) is 1.81. The number of aryl methyl sites for hydroxylation is 1. The third-order valence-electron chi connectivity index (χ3n) is 4.16. The van der Waals surface area contributed by atoms with E-state index in [4.69, 9.17) is 9.47 Å². The molecule has 0 atom stereocenters. The van der Waals surface area contributed by atoms with E-state index in [1.807, 2.05) is 49.4 Å². The van der Waals surface area contributed by atoms with Crippen LogP contribution in [-0.2, 0) is 0 Å². The fourth-order valence-corrected chi connectivity index (χ4v) is 3.74. The molecule has 0 amide bonds. The first-order valence-electron chi connectivity index (χ1n) is 8.29. The Bertz CT molecular complexity index is 1240. The second kappa shape index (κ2) is 6.85. The number of rotatable bonds is 4. The number of hydrogen-bond acceptors (Lipinski definition) is 6. The van der Waals surface area contributed by atoms with E-state index in [0.717, 1.165) is 16.7 Å². The smallest absolute Gasteiger partial charge is 0.291 e. The first-order valence-corrected chi connectivity index (χ1v) is 9.11. The Balaban J connectivity index is 1.78. The fourth-order valence-electron chi connectivity index (χ4n) is 2.83. The van der Waals surface area contributed by atoms with E-state index in [0.29, 0.717) is 26.8 Å². The maximum Gasteiger partial charge on any atom is 0.291 e. The number of benzene rings is 2. The highest BCUT2D eigenvalue weighted by atomic mass is 32.1. The Kier molecular flexibility index (Phi) is 4.37. The van der Waals surface area contributed by atoms with Crippen LogP contribution in [0.25, 0.3) is 22.4 Å². The number of methoxy groups -OCH3 is 2. The van der Waals surface area contributed by atoms with Gasteiger partial charge in [-0.05, 0) is 36.8 Å². The molecular weight excluding hydrogens is 362 g/mol. The van der Waals surface area contributed by atoms with Crippen LogP contribution in [0.5, 0.6) is 11.5 Å². The number of nitrogens with zero attached hydrogens (tertiary/aromatic N) is 3. The van der Waals surface area contributed by atoms with Crippen molar-refractivity contribution in [3.05, 3.63) is 68.5 Å². The van der Waals surface area contributed by atoms with Crippen molar-refractivity contribution in [1.82, 2.24) is 14.6 Å². The number of ether oxygens (including phenoxy) is 2. The maximum absolute atomic E-state index is 12.7. The average Bonchev–Trinajstić information content (AvgIpc) is 3.21. The lowest BCUT2D eigenvalue weighted by Crippen LogP contribution is -2.23. The summed E-state index contributed by atoms with van der Waals surface area (Å²) in [5, 5.41) is 4.39. The van der Waals surface area contributed by atoms with Crippen LogP contribution in [0.1, 0.15) is 11.1 Å². The third-order valence-corrected chi connectivity index (χ3v) is 5.12. The van der Waals surface area contributed by atoms with Gasteiger partial charge >= 0.3 is 0 Å². The number of hydrogen-bond donors (Lipinski definition) is 0. The van der Waals surface area contributed by atoms with E-state index in [1.165, 1.54) is 15.9 Å². The Labute approximate surface area is 159 Å². The Hall–Kier alpha value is -3.19. The molecule has 4 aromatic rings. The number of fused-ring (bicyclic) bond motifs is 1. The minimum atomic E-state index is -0.184. The van der Waals surface area contributed by atoms with Crippen LogP contribution >= 0.6 is 11.3 Å². The normalized spacial score (nSPS) is 11.9. The van der Waals surface area contributed by atoms with Crippen molar-refractivity contribution in [2.75, 3.05) is 14.2 Å². The second-order valence-electron chi connectivity index (χ2n) is 6.03. The van der Waals surface area contributed by atoms with Gasteiger partial charge in [-0.3, -0.25) is 4.79 Å². The minimum absolute atomic E-state index is 0.184. The van der Waals surface area contributed by atoms with Gasteiger partial charge < -0.3 is 9.47 Å². The lowest BCUT2D eigenvalue weighted by molar-refractivity contribution is 0.355. The van der Waals surface area contributed by atoms with Gasteiger partial charge in [-0.2, -0.15) is 9.50 Å². The molecule has 7 heteroatoms. The van der Waals surface area contributed by atoms with E-state index in [2.05, 4.69) is 10.1 Å². The molecule has 0 aliphatic carbocycles. The molecule has 0 saturated carbocycles. The molecule has 0 aliphatic rings. The van der Waals surface area contributed by atoms with Crippen LogP contribution in [0, 0.1) is 6.92 Å². The summed E-state index contributed by atoms with van der Waals surface area (Å²) >= 11 is 1.31. The van der Waals surface area contributed by atoms with Gasteiger partial charge in [-0.1, -0.05) is 41.2 Å². The molecule has 0 saturated heterocycles. The number of thiazole rings is 1. The highest BCUT2D eigenvalue weighted by Gasteiger charge is 2.12. The average molecular weight is 379 g/mol. The second-order valence-corrected chi connectivity index (χ2v) is 7.04. The molecule has 0 N–H and O–H groups in total. The third kappa shape index (κ3) is 3.17. The zero-order valence-electron chi connectivity index (χ0n) is 15.1. The highest BCUT2D eigenvalue weighted by molar-refractivity contribution is 7.15. The van der Waals surface area contributed by atoms with E-state index in [1.54, 1.807) is 20.3 Å². The largest absolute Gasteiger partial charge is 0.493 e. The van der Waals surface area contributed by atoms with Crippen LogP contribution in [0.3, 0.4) is 0 Å². The molecule has 2 aromatic carbocycles. The zero-order valence-corrected chi connectivity index (χ0v) is 15.9. The van der Waals surface area contributed by atoms with Crippen molar-refractivity contribution >= 4 is 22.4 Å². The molecular formula is C20H17N3O3S. The van der Waals surface area contributed by atoms with E-state index in [-0.39, 0.29) is 5.56 Å². The Morgan fingerprint density at radius 3 is 2.59 bits per heavy atom. The van der Waals surface area contributed by atoms with E-state index < -0.39 is 0 Å². The molecule has 6 nitrogen and oxygen atoms in total. The monoisotopic (exact) mass is 379 g/mol. The van der Waals surface area contributed by atoms with Crippen LogP contribution in [0.4, 0.5) is 0 Å². The van der Waals surface area contributed by atoms with Gasteiger partial charge in [0.05, 0.1) is 18.8 Å². The van der Waals surface area contributed by atoms with Gasteiger partial charge in [0.15, 0.2) is 17.3 Å². The summed E-state index contributed by atoms with van der Waals surface area (Å²) in [6, 6.07) is 13.4.